The van der Waals surface area contributed by atoms with Gasteiger partial charge in [-0.2, -0.15) is 23.4 Å². The minimum absolute atomic E-state index is 0.155. The van der Waals surface area contributed by atoms with Gasteiger partial charge >= 0.3 is 18.2 Å². The summed E-state index contributed by atoms with van der Waals surface area (Å²) >= 11 is 0. The highest BCUT2D eigenvalue weighted by molar-refractivity contribution is 5.78. The number of hydrogen-bond acceptors (Lipinski definition) is 6. The van der Waals surface area contributed by atoms with Crippen LogP contribution in [0.15, 0.2) is 30.3 Å². The minimum atomic E-state index is -4.48. The molecular weight excluding hydrogens is 439 g/mol. The van der Waals surface area contributed by atoms with Crippen LogP contribution in [0.1, 0.15) is 57.0 Å². The van der Waals surface area contributed by atoms with Gasteiger partial charge in [0.05, 0.1) is 17.0 Å². The van der Waals surface area contributed by atoms with Crippen molar-refractivity contribution >= 4 is 12.1 Å². The molecule has 0 fully saturated rings. The zero-order chi connectivity index (χ0) is 24.4. The lowest BCUT2D eigenvalue weighted by Crippen LogP contribution is -2.36. The SMILES string of the molecule is CC1Cc2nnc(-c3cccc(C(F)(F)F)c3)cc2C(OC(=O)CNC(=O)OC(C)(C)C)C1. The van der Waals surface area contributed by atoms with E-state index < -0.39 is 35.5 Å². The second-order valence-electron chi connectivity index (χ2n) is 9.09. The molecule has 1 aliphatic rings. The summed E-state index contributed by atoms with van der Waals surface area (Å²) in [6, 6.07) is 6.43. The van der Waals surface area contributed by atoms with E-state index in [2.05, 4.69) is 15.5 Å². The first kappa shape index (κ1) is 24.5. The average molecular weight is 465 g/mol. The molecule has 1 heterocycles. The molecular formula is C23H26F3N3O4. The van der Waals surface area contributed by atoms with Gasteiger partial charge in [-0.15, -0.1) is 0 Å². The predicted molar refractivity (Wildman–Crippen MR) is 113 cm³/mol. The molecule has 0 radical (unpaired) electrons. The van der Waals surface area contributed by atoms with Crippen LogP contribution in [0.4, 0.5) is 18.0 Å². The lowest BCUT2D eigenvalue weighted by atomic mass is 9.85. The Morgan fingerprint density at radius 3 is 2.55 bits per heavy atom. The molecule has 1 aromatic heterocycles. The van der Waals surface area contributed by atoms with Crippen molar-refractivity contribution < 1.29 is 32.2 Å². The molecule has 0 spiro atoms. The van der Waals surface area contributed by atoms with Crippen molar-refractivity contribution in [3.8, 4) is 11.3 Å². The molecule has 3 rings (SSSR count). The number of amides is 1. The van der Waals surface area contributed by atoms with Gasteiger partial charge in [0.15, 0.2) is 0 Å². The quantitative estimate of drug-likeness (QED) is 0.649. The first-order valence-electron chi connectivity index (χ1n) is 10.5. The number of rotatable bonds is 4. The Bertz CT molecular complexity index is 1030. The van der Waals surface area contributed by atoms with E-state index >= 15 is 0 Å². The van der Waals surface area contributed by atoms with E-state index in [0.717, 1.165) is 12.1 Å². The maximum absolute atomic E-state index is 13.1. The fraction of sp³-hybridized carbons (Fsp3) is 0.478. The molecule has 1 N–H and O–H groups in total. The predicted octanol–water partition coefficient (Wildman–Crippen LogP) is 4.85. The van der Waals surface area contributed by atoms with Crippen molar-refractivity contribution in [1.82, 2.24) is 15.5 Å². The second kappa shape index (κ2) is 9.36. The molecule has 1 aromatic carbocycles. The van der Waals surface area contributed by atoms with E-state index in [1.54, 1.807) is 26.8 Å². The minimum Gasteiger partial charge on any atom is -0.456 e. The summed E-state index contributed by atoms with van der Waals surface area (Å²) in [7, 11) is 0. The molecule has 0 saturated carbocycles. The van der Waals surface area contributed by atoms with Crippen LogP contribution >= 0.6 is 0 Å². The number of alkyl carbamates (subject to hydrolysis) is 1. The molecule has 2 unspecified atom stereocenters. The van der Waals surface area contributed by atoms with Crippen LogP contribution in [0.2, 0.25) is 0 Å². The molecule has 1 aliphatic carbocycles. The summed E-state index contributed by atoms with van der Waals surface area (Å²) in [6.07, 6.45) is -4.76. The molecule has 2 aromatic rings. The van der Waals surface area contributed by atoms with E-state index in [1.165, 1.54) is 12.1 Å². The molecule has 1 amide bonds. The molecule has 0 saturated heterocycles. The Labute approximate surface area is 189 Å². The Hall–Kier alpha value is -3.17. The van der Waals surface area contributed by atoms with E-state index in [1.807, 2.05) is 6.92 Å². The number of nitrogens with zero attached hydrogens (tertiary/aromatic N) is 2. The monoisotopic (exact) mass is 465 g/mol. The van der Waals surface area contributed by atoms with Gasteiger partial charge in [-0.3, -0.25) is 4.79 Å². The molecule has 33 heavy (non-hydrogen) atoms. The number of carbonyl (C=O) groups is 2. The topological polar surface area (TPSA) is 90.4 Å². The Morgan fingerprint density at radius 2 is 1.88 bits per heavy atom. The largest absolute Gasteiger partial charge is 0.456 e. The normalized spacial score (nSPS) is 18.3. The summed E-state index contributed by atoms with van der Waals surface area (Å²) in [5.74, 6) is -0.508. The van der Waals surface area contributed by atoms with Gasteiger partial charge in [0, 0.05) is 11.1 Å². The van der Waals surface area contributed by atoms with Gasteiger partial charge < -0.3 is 14.8 Å². The van der Waals surface area contributed by atoms with E-state index in [9.17, 15) is 22.8 Å². The van der Waals surface area contributed by atoms with Crippen molar-refractivity contribution in [2.24, 2.45) is 5.92 Å². The standard InChI is InChI=1S/C23H26F3N3O4/c1-13-8-18-16(19(9-13)32-20(30)12-27-21(31)33-22(2,3)4)11-17(28-29-18)14-6-5-7-15(10-14)23(24,25)26/h5-7,10-11,13,19H,8-9,12H2,1-4H3,(H,27,31). The molecule has 0 bridgehead atoms. The van der Waals surface area contributed by atoms with Gasteiger partial charge in [0.1, 0.15) is 18.2 Å². The van der Waals surface area contributed by atoms with E-state index in [-0.39, 0.29) is 23.7 Å². The van der Waals surface area contributed by atoms with Crippen LogP contribution in [0.3, 0.4) is 0 Å². The van der Waals surface area contributed by atoms with E-state index in [4.69, 9.17) is 9.47 Å². The van der Waals surface area contributed by atoms with Crippen molar-refractivity contribution in [1.29, 1.82) is 0 Å². The highest BCUT2D eigenvalue weighted by Gasteiger charge is 2.32. The van der Waals surface area contributed by atoms with Gasteiger partial charge in [0.2, 0.25) is 0 Å². The summed E-state index contributed by atoms with van der Waals surface area (Å²) in [6.45, 7) is 6.70. The van der Waals surface area contributed by atoms with Crippen LogP contribution in [0, 0.1) is 5.92 Å². The van der Waals surface area contributed by atoms with Crippen molar-refractivity contribution in [2.45, 2.75) is 58.4 Å². The second-order valence-corrected chi connectivity index (χ2v) is 9.09. The van der Waals surface area contributed by atoms with Crippen molar-refractivity contribution in [3.63, 3.8) is 0 Å². The lowest BCUT2D eigenvalue weighted by Gasteiger charge is -2.28. The molecule has 10 heteroatoms. The van der Waals surface area contributed by atoms with Crippen LogP contribution < -0.4 is 5.32 Å². The van der Waals surface area contributed by atoms with Crippen LogP contribution in [-0.4, -0.2) is 34.4 Å². The summed E-state index contributed by atoms with van der Waals surface area (Å²) in [4.78, 5) is 24.1. The fourth-order valence-corrected chi connectivity index (χ4v) is 3.54. The average Bonchev–Trinajstić information content (AvgIpc) is 2.70. The third-order valence-electron chi connectivity index (χ3n) is 4.94. The highest BCUT2D eigenvalue weighted by Crippen LogP contribution is 2.37. The number of nitrogens with one attached hydrogen (secondary N) is 1. The van der Waals surface area contributed by atoms with Crippen LogP contribution in [0.25, 0.3) is 11.3 Å². The number of esters is 1. The van der Waals surface area contributed by atoms with Crippen LogP contribution in [-0.2, 0) is 26.9 Å². The number of fused-ring (bicyclic) bond motifs is 1. The highest BCUT2D eigenvalue weighted by atomic mass is 19.4. The molecule has 2 atom stereocenters. The van der Waals surface area contributed by atoms with Gasteiger partial charge in [-0.25, -0.2) is 4.79 Å². The zero-order valence-corrected chi connectivity index (χ0v) is 18.8. The molecule has 7 nitrogen and oxygen atoms in total. The number of benzene rings is 1. The number of alkyl halides is 3. The lowest BCUT2D eigenvalue weighted by molar-refractivity contribution is -0.149. The smallest absolute Gasteiger partial charge is 0.416 e. The third kappa shape index (κ3) is 6.66. The zero-order valence-electron chi connectivity index (χ0n) is 18.8. The fourth-order valence-electron chi connectivity index (χ4n) is 3.54. The summed E-state index contributed by atoms with van der Waals surface area (Å²) in [5.41, 5.74) is 0.245. The van der Waals surface area contributed by atoms with E-state index in [0.29, 0.717) is 24.1 Å². The first-order valence-corrected chi connectivity index (χ1v) is 10.5. The molecule has 178 valence electrons. The van der Waals surface area contributed by atoms with Crippen molar-refractivity contribution in [2.75, 3.05) is 6.54 Å². The Morgan fingerprint density at radius 1 is 1.15 bits per heavy atom. The number of carbonyl (C=O) groups excluding carboxylic acids is 2. The third-order valence-corrected chi connectivity index (χ3v) is 4.94. The van der Waals surface area contributed by atoms with Gasteiger partial charge in [-0.05, 0) is 57.7 Å². The first-order chi connectivity index (χ1) is 15.3. The number of ether oxygens (including phenoxy) is 2. The van der Waals surface area contributed by atoms with Gasteiger partial charge in [0.25, 0.3) is 0 Å². The van der Waals surface area contributed by atoms with Crippen molar-refractivity contribution in [3.05, 3.63) is 47.2 Å². The molecule has 0 aliphatic heterocycles. The Kier molecular flexibility index (Phi) is 6.94. The number of halogens is 3. The maximum atomic E-state index is 13.1. The summed E-state index contributed by atoms with van der Waals surface area (Å²) in [5, 5.41) is 10.6. The van der Waals surface area contributed by atoms with Crippen LogP contribution in [0.5, 0.6) is 0 Å². The number of aromatic nitrogens is 2. The number of hydrogen-bond donors (Lipinski definition) is 1. The van der Waals surface area contributed by atoms with Gasteiger partial charge in [-0.1, -0.05) is 19.1 Å². The summed E-state index contributed by atoms with van der Waals surface area (Å²) < 4.78 is 50.0. The Balaban J connectivity index is 1.78. The maximum Gasteiger partial charge on any atom is 0.416 e.